The number of carbonyl (C=O) groups excluding carboxylic acids is 2. The average molecular weight is 524 g/mol. The molecule has 3 aromatic rings. The molecule has 0 spiro atoms. The predicted molar refractivity (Wildman–Crippen MR) is 141 cm³/mol. The lowest BCUT2D eigenvalue weighted by Gasteiger charge is -2.15. The molecular formula is C26H33N5O5Si. The number of methoxy groups -OCH3 is 1. The summed E-state index contributed by atoms with van der Waals surface area (Å²) in [5, 5.41) is 3.69. The number of carbonyl (C=O) groups is 2. The van der Waals surface area contributed by atoms with Crippen LogP contribution in [0.1, 0.15) is 19.3 Å². The van der Waals surface area contributed by atoms with Crippen LogP contribution in [0.25, 0.3) is 22.2 Å². The van der Waals surface area contributed by atoms with Gasteiger partial charge in [0.15, 0.2) is 0 Å². The molecule has 0 unspecified atom stereocenters. The number of hydrogen-bond acceptors (Lipinski definition) is 8. The standard InChI is InChI=1S/C26H33N5O5Si/c1-34-25-22(26(28-14-27-25)36-17-5-6-17)20-12-31(15-35-9-10-37(2,3)4)23-18(20)7-8-21(29-23)30-24(33)19-11-16(19)13-32/h7-8,12-14,16-17,19H,5-6,9-11,15H2,1-4H3,(H,29,30,33)/t16-,19+/m0/s1. The SMILES string of the molecule is COc1ncnc(OC2CC2)c1-c1cn(COCC[Si](C)(C)C)c2nc(NC(=O)[C@@H]3C[C@H]3C=O)ccc12. The maximum atomic E-state index is 12.5. The van der Waals surface area contributed by atoms with E-state index in [0.717, 1.165) is 36.1 Å². The molecule has 2 atom stereocenters. The summed E-state index contributed by atoms with van der Waals surface area (Å²) < 4.78 is 19.7. The van der Waals surface area contributed by atoms with Crippen molar-refractivity contribution >= 4 is 37.1 Å². The number of ether oxygens (including phenoxy) is 3. The molecule has 2 aliphatic rings. The topological polar surface area (TPSA) is 117 Å². The fourth-order valence-corrected chi connectivity index (χ4v) is 4.89. The molecule has 2 fully saturated rings. The van der Waals surface area contributed by atoms with Crippen molar-refractivity contribution in [1.82, 2.24) is 19.5 Å². The molecule has 10 nitrogen and oxygen atoms in total. The molecule has 0 aliphatic heterocycles. The summed E-state index contributed by atoms with van der Waals surface area (Å²) in [7, 11) is 0.332. The van der Waals surface area contributed by atoms with Crippen LogP contribution in [-0.2, 0) is 21.1 Å². The second-order valence-corrected chi connectivity index (χ2v) is 16.6. The van der Waals surface area contributed by atoms with Gasteiger partial charge in [0, 0.05) is 43.7 Å². The lowest BCUT2D eigenvalue weighted by Crippen LogP contribution is -2.22. The number of fused-ring (bicyclic) bond motifs is 1. The molecule has 5 rings (SSSR count). The third kappa shape index (κ3) is 5.83. The summed E-state index contributed by atoms with van der Waals surface area (Å²) in [5.74, 6) is 0.638. The van der Waals surface area contributed by atoms with Gasteiger partial charge in [-0.1, -0.05) is 19.6 Å². The highest BCUT2D eigenvalue weighted by Gasteiger charge is 2.43. The average Bonchev–Trinajstić information content (AvgIpc) is 3.79. The van der Waals surface area contributed by atoms with Gasteiger partial charge in [-0.3, -0.25) is 4.79 Å². The molecule has 0 saturated heterocycles. The van der Waals surface area contributed by atoms with Gasteiger partial charge >= 0.3 is 0 Å². The second-order valence-electron chi connectivity index (χ2n) is 10.9. The molecule has 1 amide bonds. The fraction of sp³-hybridized carbons (Fsp3) is 0.500. The highest BCUT2D eigenvalue weighted by atomic mass is 28.3. The molecule has 196 valence electrons. The van der Waals surface area contributed by atoms with Gasteiger partial charge in [-0.15, -0.1) is 0 Å². The lowest BCUT2D eigenvalue weighted by molar-refractivity contribution is -0.119. The van der Waals surface area contributed by atoms with Gasteiger partial charge in [0.2, 0.25) is 17.7 Å². The van der Waals surface area contributed by atoms with Crippen molar-refractivity contribution in [3.05, 3.63) is 24.7 Å². The summed E-state index contributed by atoms with van der Waals surface area (Å²) in [6, 6.07) is 4.71. The smallest absolute Gasteiger partial charge is 0.229 e. The Bertz CT molecular complexity index is 1320. The van der Waals surface area contributed by atoms with Gasteiger partial charge in [0.25, 0.3) is 0 Å². The van der Waals surface area contributed by atoms with E-state index in [4.69, 9.17) is 19.2 Å². The molecular weight excluding hydrogens is 490 g/mol. The lowest BCUT2D eigenvalue weighted by atomic mass is 10.1. The Labute approximate surface area is 216 Å². The summed E-state index contributed by atoms with van der Waals surface area (Å²) in [6.45, 7) is 7.90. The third-order valence-corrected chi connectivity index (χ3v) is 8.30. The van der Waals surface area contributed by atoms with Crippen molar-refractivity contribution in [2.75, 3.05) is 19.0 Å². The van der Waals surface area contributed by atoms with Crippen LogP contribution in [0.4, 0.5) is 5.82 Å². The predicted octanol–water partition coefficient (Wildman–Crippen LogP) is 4.13. The van der Waals surface area contributed by atoms with Crippen LogP contribution >= 0.6 is 0 Å². The van der Waals surface area contributed by atoms with Gasteiger partial charge in [0.05, 0.1) is 7.11 Å². The van der Waals surface area contributed by atoms with Crippen LogP contribution in [0, 0.1) is 11.8 Å². The van der Waals surface area contributed by atoms with E-state index in [9.17, 15) is 9.59 Å². The number of pyridine rings is 1. The van der Waals surface area contributed by atoms with E-state index in [-0.39, 0.29) is 23.8 Å². The number of rotatable bonds is 12. The van der Waals surface area contributed by atoms with Crippen molar-refractivity contribution in [2.45, 2.75) is 57.8 Å². The Balaban J connectivity index is 1.51. The van der Waals surface area contributed by atoms with Gasteiger partial charge in [0.1, 0.15) is 42.5 Å². The number of nitrogens with zero attached hydrogens (tertiary/aromatic N) is 4. The molecule has 1 N–H and O–H groups in total. The minimum Gasteiger partial charge on any atom is -0.480 e. The molecule has 3 aromatic heterocycles. The third-order valence-electron chi connectivity index (χ3n) is 6.59. The van der Waals surface area contributed by atoms with Gasteiger partial charge in [-0.2, -0.15) is 0 Å². The minimum atomic E-state index is -1.24. The molecule has 37 heavy (non-hydrogen) atoms. The van der Waals surface area contributed by atoms with Crippen molar-refractivity contribution in [3.63, 3.8) is 0 Å². The minimum absolute atomic E-state index is 0.147. The fourth-order valence-electron chi connectivity index (χ4n) is 4.13. The number of hydrogen-bond donors (Lipinski definition) is 1. The Morgan fingerprint density at radius 1 is 1.22 bits per heavy atom. The van der Waals surface area contributed by atoms with E-state index < -0.39 is 8.07 Å². The van der Waals surface area contributed by atoms with E-state index in [1.54, 1.807) is 13.2 Å². The van der Waals surface area contributed by atoms with Crippen LogP contribution in [-0.4, -0.2) is 59.6 Å². The summed E-state index contributed by atoms with van der Waals surface area (Å²) in [6.07, 6.45) is 6.95. The molecule has 2 saturated carbocycles. The first-order valence-corrected chi connectivity index (χ1v) is 16.4. The molecule has 0 aromatic carbocycles. The number of nitrogens with one attached hydrogen (secondary N) is 1. The Hall–Kier alpha value is -3.31. The molecule has 11 heteroatoms. The summed E-state index contributed by atoms with van der Waals surface area (Å²) in [5.41, 5.74) is 2.12. The zero-order valence-electron chi connectivity index (χ0n) is 21.7. The Morgan fingerprint density at radius 3 is 2.68 bits per heavy atom. The molecule has 3 heterocycles. The van der Waals surface area contributed by atoms with Gasteiger partial charge in [-0.05, 0) is 37.4 Å². The number of aldehydes is 1. The van der Waals surface area contributed by atoms with Crippen molar-refractivity contribution < 1.29 is 23.8 Å². The second kappa shape index (κ2) is 10.2. The van der Waals surface area contributed by atoms with Crippen LogP contribution in [0.2, 0.25) is 25.7 Å². The molecule has 0 radical (unpaired) electrons. The van der Waals surface area contributed by atoms with E-state index in [1.807, 2.05) is 16.8 Å². The van der Waals surface area contributed by atoms with E-state index in [2.05, 4.69) is 34.9 Å². The first-order valence-electron chi connectivity index (χ1n) is 12.7. The highest BCUT2D eigenvalue weighted by Crippen LogP contribution is 2.42. The number of amides is 1. The largest absolute Gasteiger partial charge is 0.480 e. The summed E-state index contributed by atoms with van der Waals surface area (Å²) >= 11 is 0. The Morgan fingerprint density at radius 2 is 2.00 bits per heavy atom. The van der Waals surface area contributed by atoms with Crippen LogP contribution in [0.15, 0.2) is 24.7 Å². The number of anilines is 1. The van der Waals surface area contributed by atoms with E-state index in [0.29, 0.717) is 48.5 Å². The van der Waals surface area contributed by atoms with E-state index in [1.165, 1.54) is 6.33 Å². The summed E-state index contributed by atoms with van der Waals surface area (Å²) in [4.78, 5) is 37.0. The first kappa shape index (κ1) is 25.3. The Kier molecular flexibility index (Phi) is 7.00. The quantitative estimate of drug-likeness (QED) is 0.214. The van der Waals surface area contributed by atoms with Crippen LogP contribution in [0.5, 0.6) is 11.8 Å². The van der Waals surface area contributed by atoms with Crippen molar-refractivity contribution in [1.29, 1.82) is 0 Å². The zero-order valence-corrected chi connectivity index (χ0v) is 22.7. The van der Waals surface area contributed by atoms with Crippen molar-refractivity contribution in [2.24, 2.45) is 11.8 Å². The first-order chi connectivity index (χ1) is 17.8. The van der Waals surface area contributed by atoms with Gasteiger partial charge in [-0.25, -0.2) is 15.0 Å². The van der Waals surface area contributed by atoms with Gasteiger partial charge < -0.3 is 28.9 Å². The maximum absolute atomic E-state index is 12.5. The molecule has 0 bridgehead atoms. The molecule has 2 aliphatic carbocycles. The normalized spacial score (nSPS) is 19.0. The van der Waals surface area contributed by atoms with Crippen LogP contribution in [0.3, 0.4) is 0 Å². The maximum Gasteiger partial charge on any atom is 0.229 e. The highest BCUT2D eigenvalue weighted by molar-refractivity contribution is 6.76. The van der Waals surface area contributed by atoms with E-state index >= 15 is 0 Å². The zero-order chi connectivity index (χ0) is 26.2. The van der Waals surface area contributed by atoms with Crippen LogP contribution < -0.4 is 14.8 Å². The monoisotopic (exact) mass is 523 g/mol. The van der Waals surface area contributed by atoms with Crippen molar-refractivity contribution in [3.8, 4) is 22.9 Å². The number of aromatic nitrogens is 4.